The van der Waals surface area contributed by atoms with Crippen LogP contribution in [-0.4, -0.2) is 37.2 Å². The minimum absolute atomic E-state index is 0.0644. The van der Waals surface area contributed by atoms with E-state index in [1.165, 1.54) is 315 Å². The molecular weight excluding hydrogens is 961 g/mol. The van der Waals surface area contributed by atoms with Gasteiger partial charge in [0.2, 0.25) is 0 Å². The summed E-state index contributed by atoms with van der Waals surface area (Å²) in [5, 5.41) is 0. The van der Waals surface area contributed by atoms with Crippen molar-refractivity contribution in [2.45, 2.75) is 419 Å². The first-order chi connectivity index (χ1) is 38.5. The Hall–Kier alpha value is -1.85. The van der Waals surface area contributed by atoms with E-state index in [4.69, 9.17) is 14.2 Å². The molecule has 0 aliphatic rings. The maximum absolute atomic E-state index is 12.9. The third-order valence-corrected chi connectivity index (χ3v) is 16.5. The van der Waals surface area contributed by atoms with E-state index < -0.39 is 6.10 Å². The Bertz CT molecular complexity index is 1210. The second-order valence-corrected chi connectivity index (χ2v) is 24.5. The van der Waals surface area contributed by atoms with Gasteiger partial charge in [-0.05, 0) is 44.9 Å². The van der Waals surface area contributed by atoms with Gasteiger partial charge in [-0.15, -0.1) is 0 Å². The summed E-state index contributed by atoms with van der Waals surface area (Å²) in [5.41, 5.74) is 0. The molecule has 0 rings (SSSR count). The van der Waals surface area contributed by atoms with Crippen LogP contribution in [-0.2, 0) is 28.6 Å². The van der Waals surface area contributed by atoms with Crippen LogP contribution in [0, 0.1) is 0 Å². The van der Waals surface area contributed by atoms with Crippen LogP contribution in [0.5, 0.6) is 0 Å². The molecule has 0 N–H and O–H groups in total. The minimum atomic E-state index is -0.766. The monoisotopic (exact) mass is 1100 g/mol. The molecule has 0 heterocycles. The maximum atomic E-state index is 12.9. The molecule has 6 heteroatoms. The molecular formula is C72H138O6. The number of rotatable bonds is 67. The van der Waals surface area contributed by atoms with Gasteiger partial charge in [-0.3, -0.25) is 14.4 Å². The number of carbonyl (C=O) groups excluding carboxylic acids is 3. The van der Waals surface area contributed by atoms with Crippen LogP contribution in [0.25, 0.3) is 0 Å². The van der Waals surface area contributed by atoms with Gasteiger partial charge in [0.15, 0.2) is 6.10 Å². The first-order valence-corrected chi connectivity index (χ1v) is 35.7. The number of unbranched alkanes of at least 4 members (excludes halogenated alkanes) is 54. The Balaban J connectivity index is 4.05. The molecule has 0 radical (unpaired) electrons. The van der Waals surface area contributed by atoms with Crippen LogP contribution in [0.3, 0.4) is 0 Å². The van der Waals surface area contributed by atoms with Crippen molar-refractivity contribution in [1.29, 1.82) is 0 Å². The number of esters is 3. The molecule has 1 atom stereocenters. The molecule has 462 valence electrons. The van der Waals surface area contributed by atoms with Crippen LogP contribution in [0.15, 0.2) is 12.2 Å². The predicted molar refractivity (Wildman–Crippen MR) is 340 cm³/mol. The van der Waals surface area contributed by atoms with Crippen molar-refractivity contribution in [1.82, 2.24) is 0 Å². The number of ether oxygens (including phenoxy) is 3. The zero-order valence-corrected chi connectivity index (χ0v) is 53.2. The molecule has 0 amide bonds. The molecule has 0 aliphatic carbocycles. The smallest absolute Gasteiger partial charge is 0.306 e. The Labute approximate surface area is 488 Å². The molecule has 0 fully saturated rings. The summed E-state index contributed by atoms with van der Waals surface area (Å²) in [6.45, 7) is 6.70. The standard InChI is InChI=1S/C72H138O6/c1-4-7-10-13-16-19-21-23-25-27-29-31-32-33-34-35-36-37-38-39-41-42-44-46-48-50-53-56-59-62-65-71(74)77-68-69(67-76-70(73)64-61-58-55-52-18-15-12-9-6-3)78-72(75)66-63-60-57-54-51-49-47-45-43-40-30-28-26-24-22-20-17-14-11-8-5-2/h28,30,69H,4-27,29,31-68H2,1-3H3/b30-28-. The quantitative estimate of drug-likeness (QED) is 0.0261. The van der Waals surface area contributed by atoms with Gasteiger partial charge in [0, 0.05) is 19.3 Å². The molecule has 0 saturated carbocycles. The first kappa shape index (κ1) is 76.1. The Morgan fingerprint density at radius 2 is 0.423 bits per heavy atom. The molecule has 0 spiro atoms. The normalized spacial score (nSPS) is 12.0. The fourth-order valence-corrected chi connectivity index (χ4v) is 11.2. The lowest BCUT2D eigenvalue weighted by Crippen LogP contribution is -2.30. The van der Waals surface area contributed by atoms with Crippen LogP contribution < -0.4 is 0 Å². The molecule has 0 aromatic carbocycles. The number of allylic oxidation sites excluding steroid dienone is 2. The number of carbonyl (C=O) groups is 3. The SMILES string of the molecule is CCCCCCCCCC/C=C\CCCCCCCCCCCC(=O)OC(COC(=O)CCCCCCCCCCC)COC(=O)CCCCCCCCCCCCCCCCCCCCCCCCCCCCCCCC. The first-order valence-electron chi connectivity index (χ1n) is 35.7. The summed E-state index contributed by atoms with van der Waals surface area (Å²) >= 11 is 0. The van der Waals surface area contributed by atoms with Gasteiger partial charge < -0.3 is 14.2 Å². The van der Waals surface area contributed by atoms with Crippen molar-refractivity contribution in [3.63, 3.8) is 0 Å². The highest BCUT2D eigenvalue weighted by molar-refractivity contribution is 5.71. The molecule has 0 aromatic rings. The van der Waals surface area contributed by atoms with Gasteiger partial charge in [-0.1, -0.05) is 360 Å². The summed E-state index contributed by atoms with van der Waals surface area (Å²) < 4.78 is 16.9. The lowest BCUT2D eigenvalue weighted by Gasteiger charge is -2.18. The van der Waals surface area contributed by atoms with Gasteiger partial charge in [-0.2, -0.15) is 0 Å². The molecule has 0 aromatic heterocycles. The molecule has 1 unspecified atom stereocenters. The summed E-state index contributed by atoms with van der Waals surface area (Å²) in [6.07, 6.45) is 81.3. The highest BCUT2D eigenvalue weighted by Gasteiger charge is 2.19. The average Bonchev–Trinajstić information content (AvgIpc) is 3.44. The second kappa shape index (κ2) is 67.7. The summed E-state index contributed by atoms with van der Waals surface area (Å²) in [7, 11) is 0. The van der Waals surface area contributed by atoms with E-state index in [1.807, 2.05) is 0 Å². The lowest BCUT2D eigenvalue weighted by molar-refractivity contribution is -0.167. The van der Waals surface area contributed by atoms with Gasteiger partial charge in [0.05, 0.1) is 0 Å². The third kappa shape index (κ3) is 65.0. The van der Waals surface area contributed by atoms with Crippen molar-refractivity contribution in [2.24, 2.45) is 0 Å². The van der Waals surface area contributed by atoms with Crippen molar-refractivity contribution in [3.05, 3.63) is 12.2 Å². The number of hydrogen-bond donors (Lipinski definition) is 0. The van der Waals surface area contributed by atoms with Crippen LogP contribution in [0.1, 0.15) is 412 Å². The van der Waals surface area contributed by atoms with Gasteiger partial charge in [-0.25, -0.2) is 0 Å². The van der Waals surface area contributed by atoms with E-state index in [9.17, 15) is 14.4 Å². The largest absolute Gasteiger partial charge is 0.462 e. The van der Waals surface area contributed by atoms with E-state index in [-0.39, 0.29) is 31.1 Å². The summed E-state index contributed by atoms with van der Waals surface area (Å²) in [6, 6.07) is 0. The maximum Gasteiger partial charge on any atom is 0.306 e. The van der Waals surface area contributed by atoms with Crippen molar-refractivity contribution in [3.8, 4) is 0 Å². The van der Waals surface area contributed by atoms with E-state index in [1.54, 1.807) is 0 Å². The lowest BCUT2D eigenvalue weighted by atomic mass is 10.0. The van der Waals surface area contributed by atoms with Gasteiger partial charge in [0.1, 0.15) is 13.2 Å². The topological polar surface area (TPSA) is 78.9 Å². The molecule has 0 saturated heterocycles. The Morgan fingerprint density at radius 1 is 0.244 bits per heavy atom. The Morgan fingerprint density at radius 3 is 0.641 bits per heavy atom. The fraction of sp³-hybridized carbons (Fsp3) is 0.931. The van der Waals surface area contributed by atoms with E-state index >= 15 is 0 Å². The molecule has 0 bridgehead atoms. The highest BCUT2D eigenvalue weighted by atomic mass is 16.6. The van der Waals surface area contributed by atoms with E-state index in [0.717, 1.165) is 57.8 Å². The minimum Gasteiger partial charge on any atom is -0.462 e. The highest BCUT2D eigenvalue weighted by Crippen LogP contribution is 2.19. The molecule has 6 nitrogen and oxygen atoms in total. The van der Waals surface area contributed by atoms with Gasteiger partial charge >= 0.3 is 17.9 Å². The van der Waals surface area contributed by atoms with Crippen LogP contribution in [0.4, 0.5) is 0 Å². The summed E-state index contributed by atoms with van der Waals surface area (Å²) in [5.74, 6) is -0.838. The van der Waals surface area contributed by atoms with Gasteiger partial charge in [0.25, 0.3) is 0 Å². The average molecular weight is 1100 g/mol. The van der Waals surface area contributed by atoms with E-state index in [2.05, 4.69) is 32.9 Å². The second-order valence-electron chi connectivity index (χ2n) is 24.5. The predicted octanol–water partition coefficient (Wildman–Crippen LogP) is 24.4. The van der Waals surface area contributed by atoms with Crippen molar-refractivity contribution in [2.75, 3.05) is 13.2 Å². The molecule has 78 heavy (non-hydrogen) atoms. The number of hydrogen-bond acceptors (Lipinski definition) is 6. The summed E-state index contributed by atoms with van der Waals surface area (Å²) in [4.78, 5) is 38.3. The zero-order chi connectivity index (χ0) is 56.4. The van der Waals surface area contributed by atoms with Crippen LogP contribution in [0.2, 0.25) is 0 Å². The zero-order valence-electron chi connectivity index (χ0n) is 53.2. The Kier molecular flexibility index (Phi) is 66.0. The van der Waals surface area contributed by atoms with Crippen molar-refractivity contribution >= 4 is 17.9 Å². The third-order valence-electron chi connectivity index (χ3n) is 16.5. The fourth-order valence-electron chi connectivity index (χ4n) is 11.2. The van der Waals surface area contributed by atoms with Crippen LogP contribution >= 0.6 is 0 Å². The molecule has 0 aliphatic heterocycles. The van der Waals surface area contributed by atoms with Crippen molar-refractivity contribution < 1.29 is 28.6 Å². The van der Waals surface area contributed by atoms with E-state index in [0.29, 0.717) is 19.3 Å².